The number of methoxy groups -OCH3 is 2. The predicted octanol–water partition coefficient (Wildman–Crippen LogP) is 5.71. The summed E-state index contributed by atoms with van der Waals surface area (Å²) >= 11 is 0. The summed E-state index contributed by atoms with van der Waals surface area (Å²) in [6, 6.07) is 23.9. The maximum absolute atomic E-state index is 12.2. The van der Waals surface area contributed by atoms with Gasteiger partial charge in [0.15, 0.2) is 11.5 Å². The van der Waals surface area contributed by atoms with Gasteiger partial charge in [0, 0.05) is 24.4 Å². The second-order valence-electron chi connectivity index (χ2n) is 8.99. The summed E-state index contributed by atoms with van der Waals surface area (Å²) in [7, 11) is 2.98. The van der Waals surface area contributed by atoms with Crippen molar-refractivity contribution in [2.75, 3.05) is 27.3 Å². The van der Waals surface area contributed by atoms with Crippen molar-refractivity contribution in [3.05, 3.63) is 78.4 Å². The molecule has 0 bridgehead atoms. The Balaban J connectivity index is 1.62. The smallest absolute Gasteiger partial charge is 0.409 e. The highest BCUT2D eigenvalue weighted by atomic mass is 16.5. The summed E-state index contributed by atoms with van der Waals surface area (Å²) in [6.45, 7) is 4.62. The zero-order valence-corrected chi connectivity index (χ0v) is 20.0. The number of amides is 1. The summed E-state index contributed by atoms with van der Waals surface area (Å²) in [5, 5.41) is 10.6. The number of ether oxygens (including phenoxy) is 3. The van der Waals surface area contributed by atoms with Crippen LogP contribution < -0.4 is 9.47 Å². The molecule has 3 aromatic rings. The SMILES string of the molecule is COC(=O)N1C[C@H](c2ccc(OC)c(Oc3ccc(-c4ccccc4)cc3)c2)[C@@](C)([C@H](C)O)C1. The molecular weight excluding hydrogens is 430 g/mol. The molecule has 1 N–H and O–H groups in total. The average Bonchev–Trinajstić information content (AvgIpc) is 3.23. The van der Waals surface area contributed by atoms with E-state index in [0.717, 1.165) is 16.7 Å². The van der Waals surface area contributed by atoms with Crippen LogP contribution in [-0.2, 0) is 4.74 Å². The van der Waals surface area contributed by atoms with E-state index in [2.05, 4.69) is 12.1 Å². The van der Waals surface area contributed by atoms with Gasteiger partial charge in [-0.25, -0.2) is 4.79 Å². The summed E-state index contributed by atoms with van der Waals surface area (Å²) in [6.07, 6.45) is -1.01. The molecule has 178 valence electrons. The van der Waals surface area contributed by atoms with E-state index in [9.17, 15) is 9.90 Å². The Morgan fingerprint density at radius 3 is 2.29 bits per heavy atom. The fourth-order valence-electron chi connectivity index (χ4n) is 4.66. The molecule has 1 saturated heterocycles. The number of aliphatic hydroxyl groups excluding tert-OH is 1. The van der Waals surface area contributed by atoms with Gasteiger partial charge in [-0.1, -0.05) is 55.5 Å². The highest BCUT2D eigenvalue weighted by molar-refractivity contribution is 5.68. The van der Waals surface area contributed by atoms with Crippen LogP contribution in [0, 0.1) is 5.41 Å². The van der Waals surface area contributed by atoms with Crippen LogP contribution in [0.5, 0.6) is 17.2 Å². The van der Waals surface area contributed by atoms with E-state index in [1.54, 1.807) is 18.9 Å². The molecule has 1 aliphatic heterocycles. The first-order valence-corrected chi connectivity index (χ1v) is 11.4. The van der Waals surface area contributed by atoms with Crippen molar-refractivity contribution in [3.63, 3.8) is 0 Å². The van der Waals surface area contributed by atoms with Crippen LogP contribution in [-0.4, -0.2) is 49.5 Å². The number of nitrogens with zero attached hydrogens (tertiary/aromatic N) is 1. The summed E-state index contributed by atoms with van der Waals surface area (Å²) in [5.74, 6) is 1.78. The Bertz CT molecular complexity index is 1130. The van der Waals surface area contributed by atoms with Crippen molar-refractivity contribution in [1.82, 2.24) is 4.90 Å². The molecule has 0 saturated carbocycles. The topological polar surface area (TPSA) is 68.2 Å². The fraction of sp³-hybridized carbons (Fsp3) is 0.321. The molecule has 0 spiro atoms. The van der Waals surface area contributed by atoms with Crippen molar-refractivity contribution in [2.24, 2.45) is 5.41 Å². The zero-order valence-electron chi connectivity index (χ0n) is 20.0. The lowest BCUT2D eigenvalue weighted by Crippen LogP contribution is -2.38. The van der Waals surface area contributed by atoms with Gasteiger partial charge in [0.05, 0.1) is 20.3 Å². The monoisotopic (exact) mass is 461 g/mol. The van der Waals surface area contributed by atoms with Crippen molar-refractivity contribution < 1.29 is 24.1 Å². The number of hydrogen-bond acceptors (Lipinski definition) is 5. The molecule has 0 aliphatic carbocycles. The van der Waals surface area contributed by atoms with E-state index in [4.69, 9.17) is 14.2 Å². The van der Waals surface area contributed by atoms with Gasteiger partial charge in [-0.3, -0.25) is 0 Å². The molecule has 3 aromatic carbocycles. The molecule has 6 nitrogen and oxygen atoms in total. The van der Waals surface area contributed by atoms with Gasteiger partial charge < -0.3 is 24.2 Å². The second kappa shape index (κ2) is 9.77. The Hall–Kier alpha value is -3.51. The van der Waals surface area contributed by atoms with Gasteiger partial charge in [-0.05, 0) is 47.9 Å². The molecule has 6 heteroatoms. The van der Waals surface area contributed by atoms with E-state index in [0.29, 0.717) is 30.3 Å². The third kappa shape index (κ3) is 4.59. The number of hydrogen-bond donors (Lipinski definition) is 1. The van der Waals surface area contributed by atoms with Crippen LogP contribution in [0.4, 0.5) is 4.79 Å². The Kier molecular flexibility index (Phi) is 6.80. The highest BCUT2D eigenvalue weighted by Gasteiger charge is 2.48. The molecule has 1 heterocycles. The van der Waals surface area contributed by atoms with Crippen molar-refractivity contribution in [2.45, 2.75) is 25.9 Å². The van der Waals surface area contributed by atoms with Crippen molar-refractivity contribution in [1.29, 1.82) is 0 Å². The number of carbonyl (C=O) groups excluding carboxylic acids is 1. The molecule has 1 fully saturated rings. The highest BCUT2D eigenvalue weighted by Crippen LogP contribution is 2.47. The third-order valence-electron chi connectivity index (χ3n) is 6.90. The zero-order chi connectivity index (χ0) is 24.3. The Morgan fingerprint density at radius 2 is 1.68 bits per heavy atom. The molecule has 0 unspecified atom stereocenters. The quantitative estimate of drug-likeness (QED) is 0.509. The summed E-state index contributed by atoms with van der Waals surface area (Å²) in [4.78, 5) is 13.9. The molecule has 34 heavy (non-hydrogen) atoms. The molecule has 1 amide bonds. The van der Waals surface area contributed by atoms with E-state index in [-0.39, 0.29) is 5.92 Å². The summed E-state index contributed by atoms with van der Waals surface area (Å²) in [5.41, 5.74) is 2.68. The largest absolute Gasteiger partial charge is 0.493 e. The minimum atomic E-state index is -0.621. The molecular formula is C28H31NO5. The predicted molar refractivity (Wildman–Crippen MR) is 131 cm³/mol. The first kappa shape index (κ1) is 23.6. The van der Waals surface area contributed by atoms with E-state index in [1.165, 1.54) is 7.11 Å². The number of aliphatic hydroxyl groups is 1. The molecule has 3 atom stereocenters. The standard InChI is InChI=1S/C28H31NO5/c1-19(30)28(2)18-29(27(31)33-4)17-24(28)22-12-15-25(32-3)26(16-22)34-23-13-10-21(11-14-23)20-8-6-5-7-9-20/h5-16,19,24,30H,17-18H2,1-4H3/t19-,24+,28+/m0/s1. The number of likely N-dealkylation sites (tertiary alicyclic amines) is 1. The van der Waals surface area contributed by atoms with Crippen LogP contribution in [0.1, 0.15) is 25.3 Å². The van der Waals surface area contributed by atoms with Crippen LogP contribution in [0.15, 0.2) is 72.8 Å². The van der Waals surface area contributed by atoms with Gasteiger partial charge in [0.2, 0.25) is 0 Å². The molecule has 0 radical (unpaired) electrons. The molecule has 1 aliphatic rings. The summed E-state index contributed by atoms with van der Waals surface area (Å²) < 4.78 is 16.7. The minimum Gasteiger partial charge on any atom is -0.493 e. The first-order valence-electron chi connectivity index (χ1n) is 11.4. The van der Waals surface area contributed by atoms with E-state index < -0.39 is 17.6 Å². The van der Waals surface area contributed by atoms with Gasteiger partial charge in [-0.15, -0.1) is 0 Å². The van der Waals surface area contributed by atoms with Crippen LogP contribution in [0.25, 0.3) is 11.1 Å². The van der Waals surface area contributed by atoms with Gasteiger partial charge >= 0.3 is 6.09 Å². The van der Waals surface area contributed by atoms with E-state index in [1.807, 2.05) is 67.6 Å². The Labute approximate surface area is 200 Å². The molecule has 4 rings (SSSR count). The van der Waals surface area contributed by atoms with Crippen LogP contribution in [0.3, 0.4) is 0 Å². The lowest BCUT2D eigenvalue weighted by molar-refractivity contribution is 0.0470. The maximum atomic E-state index is 12.2. The lowest BCUT2D eigenvalue weighted by atomic mass is 9.72. The van der Waals surface area contributed by atoms with Crippen LogP contribution >= 0.6 is 0 Å². The van der Waals surface area contributed by atoms with Crippen LogP contribution in [0.2, 0.25) is 0 Å². The number of carbonyl (C=O) groups is 1. The van der Waals surface area contributed by atoms with E-state index >= 15 is 0 Å². The minimum absolute atomic E-state index is 0.0969. The molecule has 0 aromatic heterocycles. The van der Waals surface area contributed by atoms with Crippen molar-refractivity contribution in [3.8, 4) is 28.4 Å². The maximum Gasteiger partial charge on any atom is 0.409 e. The normalized spacial score (nSPS) is 20.6. The first-order chi connectivity index (χ1) is 16.4. The fourth-order valence-corrected chi connectivity index (χ4v) is 4.66. The Morgan fingerprint density at radius 1 is 1.00 bits per heavy atom. The van der Waals surface area contributed by atoms with Crippen molar-refractivity contribution >= 4 is 6.09 Å². The third-order valence-corrected chi connectivity index (χ3v) is 6.90. The second-order valence-corrected chi connectivity index (χ2v) is 8.99. The number of benzene rings is 3. The van der Waals surface area contributed by atoms with Gasteiger partial charge in [0.25, 0.3) is 0 Å². The average molecular weight is 462 g/mol. The lowest BCUT2D eigenvalue weighted by Gasteiger charge is -2.33. The van der Waals surface area contributed by atoms with Gasteiger partial charge in [-0.2, -0.15) is 0 Å². The van der Waals surface area contributed by atoms with Gasteiger partial charge in [0.1, 0.15) is 5.75 Å². The number of rotatable bonds is 6.